The summed E-state index contributed by atoms with van der Waals surface area (Å²) in [5, 5.41) is 0.581. The largest absolute Gasteiger partial charge is 0.482 e. The summed E-state index contributed by atoms with van der Waals surface area (Å²) in [5.41, 5.74) is 1.85. The normalized spacial score (nSPS) is 11.4. The summed E-state index contributed by atoms with van der Waals surface area (Å²) < 4.78 is 12.2. The second kappa shape index (κ2) is 8.90. The molecule has 0 atom stereocenters. The third kappa shape index (κ3) is 5.44. The first-order valence-corrected chi connectivity index (χ1v) is 9.68. The summed E-state index contributed by atoms with van der Waals surface area (Å²) in [6.45, 7) is 6.92. The van der Waals surface area contributed by atoms with Gasteiger partial charge in [-0.25, -0.2) is 9.78 Å². The summed E-state index contributed by atoms with van der Waals surface area (Å²) >= 11 is 0. The lowest BCUT2D eigenvalue weighted by molar-refractivity contribution is -0.146. The first kappa shape index (κ1) is 20.6. The molecule has 0 aliphatic rings. The van der Waals surface area contributed by atoms with Crippen LogP contribution in [0.5, 0.6) is 5.75 Å². The van der Waals surface area contributed by atoms with Gasteiger partial charge in [-0.1, -0.05) is 45.0 Å². The van der Waals surface area contributed by atoms with E-state index in [0.29, 0.717) is 29.6 Å². The third-order valence-electron chi connectivity index (χ3n) is 4.61. The lowest BCUT2D eigenvalue weighted by Gasteiger charge is -2.19. The van der Waals surface area contributed by atoms with Crippen LogP contribution in [0.25, 0.3) is 10.9 Å². The highest BCUT2D eigenvalue weighted by Crippen LogP contribution is 2.24. The molecule has 6 heteroatoms. The number of hydrogen-bond donors (Lipinski definition) is 0. The number of benzene rings is 2. The van der Waals surface area contributed by atoms with Crippen molar-refractivity contribution >= 4 is 16.9 Å². The van der Waals surface area contributed by atoms with E-state index in [9.17, 15) is 9.59 Å². The molecular formula is C23H26N2O4. The van der Waals surface area contributed by atoms with Crippen molar-refractivity contribution in [3.05, 3.63) is 70.8 Å². The Labute approximate surface area is 170 Å². The van der Waals surface area contributed by atoms with Gasteiger partial charge in [0.15, 0.2) is 6.61 Å². The van der Waals surface area contributed by atoms with Crippen molar-refractivity contribution in [2.45, 2.75) is 39.2 Å². The summed E-state index contributed by atoms with van der Waals surface area (Å²) in [6.07, 6.45) is 2.04. The van der Waals surface area contributed by atoms with Crippen LogP contribution < -0.4 is 10.3 Å². The van der Waals surface area contributed by atoms with Crippen LogP contribution in [0.2, 0.25) is 0 Å². The standard InChI is InChI=1S/C23H26N2O4/c1-23(2,3)17-9-11-18(12-10-17)29-15-21(26)28-14-6-13-25-16-24-20-8-5-4-7-19(20)22(25)27/h4-5,7-12,16H,6,13-15H2,1-3H3. The highest BCUT2D eigenvalue weighted by molar-refractivity contribution is 5.76. The molecule has 0 fully saturated rings. The van der Waals surface area contributed by atoms with E-state index in [0.717, 1.165) is 0 Å². The minimum absolute atomic E-state index is 0.0694. The minimum atomic E-state index is -0.436. The molecule has 0 radical (unpaired) electrons. The number of carbonyl (C=O) groups is 1. The number of rotatable bonds is 7. The van der Waals surface area contributed by atoms with Crippen molar-refractivity contribution in [2.75, 3.05) is 13.2 Å². The van der Waals surface area contributed by atoms with Crippen LogP contribution in [-0.4, -0.2) is 28.7 Å². The van der Waals surface area contributed by atoms with E-state index in [4.69, 9.17) is 9.47 Å². The van der Waals surface area contributed by atoms with Crippen LogP contribution in [0, 0.1) is 0 Å². The minimum Gasteiger partial charge on any atom is -0.482 e. The Kier molecular flexibility index (Phi) is 6.32. The van der Waals surface area contributed by atoms with Crippen molar-refractivity contribution in [3.8, 4) is 5.75 Å². The molecule has 6 nitrogen and oxygen atoms in total. The fraction of sp³-hybridized carbons (Fsp3) is 0.348. The van der Waals surface area contributed by atoms with Gasteiger partial charge in [-0.3, -0.25) is 9.36 Å². The number of carbonyl (C=O) groups excluding carboxylic acids is 1. The van der Waals surface area contributed by atoms with Gasteiger partial charge in [-0.2, -0.15) is 0 Å². The third-order valence-corrected chi connectivity index (χ3v) is 4.61. The molecular weight excluding hydrogens is 368 g/mol. The topological polar surface area (TPSA) is 70.4 Å². The van der Waals surface area contributed by atoms with Gasteiger partial charge < -0.3 is 9.47 Å². The Hall–Kier alpha value is -3.15. The van der Waals surface area contributed by atoms with Gasteiger partial charge in [-0.05, 0) is 41.7 Å². The molecule has 2 aromatic carbocycles. The van der Waals surface area contributed by atoms with Gasteiger partial charge in [0.05, 0.1) is 23.8 Å². The fourth-order valence-electron chi connectivity index (χ4n) is 2.92. The number of fused-ring (bicyclic) bond motifs is 1. The molecule has 0 spiro atoms. The summed E-state index contributed by atoms with van der Waals surface area (Å²) in [4.78, 5) is 28.5. The van der Waals surface area contributed by atoms with E-state index in [2.05, 4.69) is 25.8 Å². The number of hydrogen-bond acceptors (Lipinski definition) is 5. The predicted octanol–water partition coefficient (Wildman–Crippen LogP) is 3.71. The number of aromatic nitrogens is 2. The van der Waals surface area contributed by atoms with Crippen LogP contribution in [0.4, 0.5) is 0 Å². The van der Waals surface area contributed by atoms with Crippen LogP contribution in [0.1, 0.15) is 32.8 Å². The molecule has 0 amide bonds. The van der Waals surface area contributed by atoms with Gasteiger partial charge in [0.25, 0.3) is 5.56 Å². The molecule has 0 bridgehead atoms. The Morgan fingerprint density at radius 1 is 1.07 bits per heavy atom. The van der Waals surface area contributed by atoms with Crippen molar-refractivity contribution in [1.29, 1.82) is 0 Å². The number of nitrogens with zero attached hydrogens (tertiary/aromatic N) is 2. The van der Waals surface area contributed by atoms with E-state index in [-0.39, 0.29) is 24.2 Å². The van der Waals surface area contributed by atoms with Gasteiger partial charge >= 0.3 is 5.97 Å². The fourth-order valence-corrected chi connectivity index (χ4v) is 2.92. The van der Waals surface area contributed by atoms with Gasteiger partial charge in [-0.15, -0.1) is 0 Å². The second-order valence-electron chi connectivity index (χ2n) is 7.90. The molecule has 152 valence electrons. The monoisotopic (exact) mass is 394 g/mol. The first-order valence-electron chi connectivity index (χ1n) is 9.68. The Bertz CT molecular complexity index is 1030. The quantitative estimate of drug-likeness (QED) is 0.451. The molecule has 29 heavy (non-hydrogen) atoms. The van der Waals surface area contributed by atoms with E-state index in [1.165, 1.54) is 16.5 Å². The Morgan fingerprint density at radius 2 is 1.79 bits per heavy atom. The number of aryl methyl sites for hydroxylation is 1. The van der Waals surface area contributed by atoms with Crippen LogP contribution in [0.3, 0.4) is 0 Å². The maximum Gasteiger partial charge on any atom is 0.344 e. The molecule has 1 heterocycles. The molecule has 0 aliphatic carbocycles. The SMILES string of the molecule is CC(C)(C)c1ccc(OCC(=O)OCCCn2cnc3ccccc3c2=O)cc1. The van der Waals surface area contributed by atoms with Crippen molar-refractivity contribution in [1.82, 2.24) is 9.55 Å². The van der Waals surface area contributed by atoms with E-state index < -0.39 is 5.97 Å². The van der Waals surface area contributed by atoms with E-state index in [1.54, 1.807) is 12.1 Å². The van der Waals surface area contributed by atoms with E-state index in [1.807, 2.05) is 36.4 Å². The number of ether oxygens (including phenoxy) is 2. The van der Waals surface area contributed by atoms with E-state index >= 15 is 0 Å². The van der Waals surface area contributed by atoms with Gasteiger partial charge in [0.1, 0.15) is 5.75 Å². The van der Waals surface area contributed by atoms with Crippen molar-refractivity contribution < 1.29 is 14.3 Å². The molecule has 0 unspecified atom stereocenters. The summed E-state index contributed by atoms with van der Waals surface area (Å²) in [7, 11) is 0. The molecule has 0 saturated heterocycles. The van der Waals surface area contributed by atoms with Crippen LogP contribution >= 0.6 is 0 Å². The van der Waals surface area contributed by atoms with Crippen LogP contribution in [-0.2, 0) is 21.5 Å². The highest BCUT2D eigenvalue weighted by atomic mass is 16.6. The average Bonchev–Trinajstić information content (AvgIpc) is 2.71. The highest BCUT2D eigenvalue weighted by Gasteiger charge is 2.13. The second-order valence-corrected chi connectivity index (χ2v) is 7.90. The zero-order chi connectivity index (χ0) is 20.9. The average molecular weight is 394 g/mol. The maximum atomic E-state index is 12.4. The van der Waals surface area contributed by atoms with Gasteiger partial charge in [0.2, 0.25) is 0 Å². The lowest BCUT2D eigenvalue weighted by atomic mass is 9.87. The summed E-state index contributed by atoms with van der Waals surface area (Å²) in [6, 6.07) is 14.9. The number of esters is 1. The molecule has 3 aromatic rings. The van der Waals surface area contributed by atoms with Crippen LogP contribution in [0.15, 0.2) is 59.7 Å². The predicted molar refractivity (Wildman–Crippen MR) is 112 cm³/mol. The van der Waals surface area contributed by atoms with Crippen molar-refractivity contribution in [3.63, 3.8) is 0 Å². The zero-order valence-corrected chi connectivity index (χ0v) is 17.1. The lowest BCUT2D eigenvalue weighted by Crippen LogP contribution is -2.22. The molecule has 0 aliphatic heterocycles. The first-order chi connectivity index (χ1) is 13.8. The van der Waals surface area contributed by atoms with Crippen molar-refractivity contribution in [2.24, 2.45) is 0 Å². The van der Waals surface area contributed by atoms with Gasteiger partial charge in [0, 0.05) is 6.54 Å². The smallest absolute Gasteiger partial charge is 0.344 e. The molecule has 1 aromatic heterocycles. The molecule has 0 N–H and O–H groups in total. The zero-order valence-electron chi connectivity index (χ0n) is 17.1. The Morgan fingerprint density at radius 3 is 2.52 bits per heavy atom. The number of para-hydroxylation sites is 1. The maximum absolute atomic E-state index is 12.4. The molecule has 3 rings (SSSR count). The Balaban J connectivity index is 1.42. The molecule has 0 saturated carbocycles. The summed E-state index contributed by atoms with van der Waals surface area (Å²) in [5.74, 6) is 0.192.